The van der Waals surface area contributed by atoms with E-state index in [1.54, 1.807) is 5.56 Å². The number of benzene rings is 1. The van der Waals surface area contributed by atoms with E-state index in [9.17, 15) is 0 Å². The molecule has 1 aromatic carbocycles. The first-order valence-corrected chi connectivity index (χ1v) is 6.76. The highest BCUT2D eigenvalue weighted by atomic mass is 14.3. The molecule has 0 aliphatic rings. The number of hydrogen-bond donors (Lipinski definition) is 0. The second-order valence-electron chi connectivity index (χ2n) is 4.95. The van der Waals surface area contributed by atoms with Crippen LogP contribution in [0.15, 0.2) is 24.3 Å². The van der Waals surface area contributed by atoms with Crippen LogP contribution in [-0.2, 0) is 5.41 Å². The summed E-state index contributed by atoms with van der Waals surface area (Å²) in [6.07, 6.45) is 6.47. The third kappa shape index (κ3) is 2.66. The Morgan fingerprint density at radius 1 is 0.938 bits per heavy atom. The summed E-state index contributed by atoms with van der Waals surface area (Å²) in [4.78, 5) is 0. The van der Waals surface area contributed by atoms with Crippen molar-refractivity contribution in [2.24, 2.45) is 0 Å². The lowest BCUT2D eigenvalue weighted by Crippen LogP contribution is -2.26. The van der Waals surface area contributed by atoms with Gasteiger partial charge in [0.2, 0.25) is 0 Å². The zero-order valence-electron chi connectivity index (χ0n) is 11.3. The predicted octanol–water partition coefficient (Wildman–Crippen LogP) is 5.24. The van der Waals surface area contributed by atoms with Crippen LogP contribution < -0.4 is 0 Å². The van der Waals surface area contributed by atoms with E-state index in [0.29, 0.717) is 5.41 Å². The molecule has 0 heteroatoms. The van der Waals surface area contributed by atoms with E-state index in [-0.39, 0.29) is 0 Å². The summed E-state index contributed by atoms with van der Waals surface area (Å²) in [5, 5.41) is 0. The molecule has 0 nitrogen and oxygen atoms in total. The van der Waals surface area contributed by atoms with E-state index in [1.807, 2.05) is 0 Å². The standard InChI is InChI=1S/C16H26/c1-5-12-16(7-3,13-6-2)15-11-9-8-10-14(15)4/h8-11H,5-7,12-13H2,1-4H3. The van der Waals surface area contributed by atoms with Crippen molar-refractivity contribution in [2.45, 2.75) is 65.2 Å². The highest BCUT2D eigenvalue weighted by Gasteiger charge is 2.29. The highest BCUT2D eigenvalue weighted by Crippen LogP contribution is 2.38. The number of hydrogen-bond acceptors (Lipinski definition) is 0. The van der Waals surface area contributed by atoms with E-state index in [1.165, 1.54) is 37.7 Å². The summed E-state index contributed by atoms with van der Waals surface area (Å²) in [6, 6.07) is 8.93. The van der Waals surface area contributed by atoms with Gasteiger partial charge in [-0.25, -0.2) is 0 Å². The highest BCUT2D eigenvalue weighted by molar-refractivity contribution is 5.33. The fourth-order valence-corrected chi connectivity index (χ4v) is 3.06. The fraction of sp³-hybridized carbons (Fsp3) is 0.625. The maximum Gasteiger partial charge on any atom is -0.00472 e. The Labute approximate surface area is 101 Å². The minimum atomic E-state index is 0.425. The van der Waals surface area contributed by atoms with Crippen LogP contribution in [0.5, 0.6) is 0 Å². The Balaban J connectivity index is 3.13. The molecule has 0 bridgehead atoms. The van der Waals surface area contributed by atoms with Crippen LogP contribution in [-0.4, -0.2) is 0 Å². The molecule has 0 saturated carbocycles. The zero-order chi connectivity index (χ0) is 12.0. The SMILES string of the molecule is CCCC(CC)(CCC)c1ccccc1C. The Kier molecular flexibility index (Phi) is 5.05. The summed E-state index contributed by atoms with van der Waals surface area (Å²) >= 11 is 0. The molecule has 0 aromatic heterocycles. The van der Waals surface area contributed by atoms with Crippen LogP contribution in [0.2, 0.25) is 0 Å². The summed E-state index contributed by atoms with van der Waals surface area (Å²) in [5.41, 5.74) is 3.47. The molecule has 0 radical (unpaired) electrons. The number of rotatable bonds is 6. The molecular formula is C16H26. The van der Waals surface area contributed by atoms with Gasteiger partial charge in [-0.3, -0.25) is 0 Å². The maximum absolute atomic E-state index is 2.34. The van der Waals surface area contributed by atoms with Gasteiger partial charge in [0.15, 0.2) is 0 Å². The molecule has 0 N–H and O–H groups in total. The monoisotopic (exact) mass is 218 g/mol. The van der Waals surface area contributed by atoms with Gasteiger partial charge in [0.25, 0.3) is 0 Å². The van der Waals surface area contributed by atoms with Crippen molar-refractivity contribution in [1.29, 1.82) is 0 Å². The molecule has 0 fully saturated rings. The Bertz CT molecular complexity index is 306. The van der Waals surface area contributed by atoms with Crippen molar-refractivity contribution < 1.29 is 0 Å². The van der Waals surface area contributed by atoms with Crippen molar-refractivity contribution in [3.63, 3.8) is 0 Å². The molecule has 0 amide bonds. The van der Waals surface area contributed by atoms with Crippen LogP contribution in [0.3, 0.4) is 0 Å². The van der Waals surface area contributed by atoms with Gasteiger partial charge < -0.3 is 0 Å². The molecule has 0 unspecified atom stereocenters. The van der Waals surface area contributed by atoms with Crippen molar-refractivity contribution in [3.8, 4) is 0 Å². The van der Waals surface area contributed by atoms with Crippen LogP contribution in [0, 0.1) is 6.92 Å². The lowest BCUT2D eigenvalue weighted by atomic mass is 9.70. The average Bonchev–Trinajstić information content (AvgIpc) is 2.29. The van der Waals surface area contributed by atoms with Gasteiger partial charge in [0.1, 0.15) is 0 Å². The lowest BCUT2D eigenvalue weighted by molar-refractivity contribution is 0.342. The molecule has 0 aliphatic carbocycles. The fourth-order valence-electron chi connectivity index (χ4n) is 3.06. The summed E-state index contributed by atoms with van der Waals surface area (Å²) in [6.45, 7) is 9.21. The molecule has 0 spiro atoms. The Hall–Kier alpha value is -0.780. The molecule has 0 saturated heterocycles. The number of aryl methyl sites for hydroxylation is 1. The zero-order valence-corrected chi connectivity index (χ0v) is 11.3. The molecule has 0 aliphatic heterocycles. The smallest absolute Gasteiger partial charge is 0.00472 e. The predicted molar refractivity (Wildman–Crippen MR) is 73.0 cm³/mol. The van der Waals surface area contributed by atoms with Crippen LogP contribution in [0.4, 0.5) is 0 Å². The van der Waals surface area contributed by atoms with Crippen molar-refractivity contribution in [1.82, 2.24) is 0 Å². The molecule has 1 aromatic rings. The van der Waals surface area contributed by atoms with Crippen LogP contribution >= 0.6 is 0 Å². The molecule has 0 atom stereocenters. The topological polar surface area (TPSA) is 0 Å². The Morgan fingerprint density at radius 2 is 1.50 bits per heavy atom. The molecule has 90 valence electrons. The van der Waals surface area contributed by atoms with E-state index >= 15 is 0 Å². The minimum absolute atomic E-state index is 0.425. The quantitative estimate of drug-likeness (QED) is 0.612. The summed E-state index contributed by atoms with van der Waals surface area (Å²) in [5.74, 6) is 0. The van der Waals surface area contributed by atoms with Crippen molar-refractivity contribution >= 4 is 0 Å². The first kappa shape index (κ1) is 13.3. The first-order valence-electron chi connectivity index (χ1n) is 6.76. The Morgan fingerprint density at radius 3 is 1.94 bits per heavy atom. The average molecular weight is 218 g/mol. The van der Waals surface area contributed by atoms with Gasteiger partial charge in [-0.15, -0.1) is 0 Å². The summed E-state index contributed by atoms with van der Waals surface area (Å²) < 4.78 is 0. The largest absolute Gasteiger partial charge is 0.0654 e. The normalized spacial score (nSPS) is 11.8. The van der Waals surface area contributed by atoms with Crippen LogP contribution in [0.25, 0.3) is 0 Å². The van der Waals surface area contributed by atoms with E-state index < -0.39 is 0 Å². The minimum Gasteiger partial charge on any atom is -0.0654 e. The van der Waals surface area contributed by atoms with Crippen molar-refractivity contribution in [3.05, 3.63) is 35.4 Å². The summed E-state index contributed by atoms with van der Waals surface area (Å²) in [7, 11) is 0. The second-order valence-corrected chi connectivity index (χ2v) is 4.95. The maximum atomic E-state index is 2.34. The van der Waals surface area contributed by atoms with Gasteiger partial charge in [-0.05, 0) is 42.7 Å². The van der Waals surface area contributed by atoms with Gasteiger partial charge in [-0.1, -0.05) is 57.9 Å². The van der Waals surface area contributed by atoms with Crippen LogP contribution in [0.1, 0.15) is 64.0 Å². The van der Waals surface area contributed by atoms with Crippen molar-refractivity contribution in [2.75, 3.05) is 0 Å². The lowest BCUT2D eigenvalue weighted by Gasteiger charge is -2.34. The van der Waals surface area contributed by atoms with Gasteiger partial charge in [0, 0.05) is 0 Å². The van der Waals surface area contributed by atoms with E-state index in [0.717, 1.165) is 0 Å². The third-order valence-corrected chi connectivity index (χ3v) is 3.85. The third-order valence-electron chi connectivity index (χ3n) is 3.85. The van der Waals surface area contributed by atoms with Gasteiger partial charge >= 0.3 is 0 Å². The molecule has 1 rings (SSSR count). The molecule has 0 heterocycles. The van der Waals surface area contributed by atoms with Gasteiger partial charge in [-0.2, -0.15) is 0 Å². The molecular weight excluding hydrogens is 192 g/mol. The van der Waals surface area contributed by atoms with E-state index in [2.05, 4.69) is 52.0 Å². The second kappa shape index (κ2) is 6.08. The van der Waals surface area contributed by atoms with Gasteiger partial charge in [0.05, 0.1) is 0 Å². The first-order chi connectivity index (χ1) is 7.70. The molecule has 16 heavy (non-hydrogen) atoms. The van der Waals surface area contributed by atoms with E-state index in [4.69, 9.17) is 0 Å².